The molecule has 0 fully saturated rings. The lowest BCUT2D eigenvalue weighted by Crippen LogP contribution is -2.20. The second kappa shape index (κ2) is 6.92. The van der Waals surface area contributed by atoms with Crippen molar-refractivity contribution in [2.24, 2.45) is 5.92 Å². The third-order valence-electron chi connectivity index (χ3n) is 2.92. The molecule has 0 aliphatic heterocycles. The number of carboxylic acid groups (broad SMARTS) is 1. The van der Waals surface area contributed by atoms with Crippen LogP contribution in [0.2, 0.25) is 0 Å². The molecule has 3 N–H and O–H groups in total. The van der Waals surface area contributed by atoms with Crippen LogP contribution in [0, 0.1) is 5.92 Å². The molecule has 0 radical (unpaired) electrons. The van der Waals surface area contributed by atoms with E-state index in [1.807, 2.05) is 20.8 Å². The molecule has 0 amide bonds. The van der Waals surface area contributed by atoms with Gasteiger partial charge in [0, 0.05) is 24.9 Å². The number of nitrogens with one attached hydrogen (secondary N) is 2. The summed E-state index contributed by atoms with van der Waals surface area (Å²) >= 11 is 0. The molecule has 0 saturated carbocycles. The van der Waals surface area contributed by atoms with Crippen LogP contribution in [0.25, 0.3) is 0 Å². The Morgan fingerprint density at radius 3 is 2.74 bits per heavy atom. The minimum atomic E-state index is -0.810. The molecule has 1 aromatic rings. The van der Waals surface area contributed by atoms with Gasteiger partial charge in [0.25, 0.3) is 5.56 Å². The first-order valence-electron chi connectivity index (χ1n) is 6.49. The van der Waals surface area contributed by atoms with Crippen molar-refractivity contribution in [2.45, 2.75) is 39.5 Å². The van der Waals surface area contributed by atoms with Gasteiger partial charge in [-0.2, -0.15) is 0 Å². The summed E-state index contributed by atoms with van der Waals surface area (Å²) in [4.78, 5) is 29.1. The molecule has 19 heavy (non-hydrogen) atoms. The van der Waals surface area contributed by atoms with E-state index in [0.717, 1.165) is 6.42 Å². The zero-order valence-electron chi connectivity index (χ0n) is 11.6. The van der Waals surface area contributed by atoms with Gasteiger partial charge in [-0.05, 0) is 5.92 Å². The summed E-state index contributed by atoms with van der Waals surface area (Å²) in [6.07, 6.45) is 0.878. The summed E-state index contributed by atoms with van der Waals surface area (Å²) in [7, 11) is 0. The lowest BCUT2D eigenvalue weighted by atomic mass is 10.0. The standard InChI is InChI=1S/C13H21N3O3/c1-4-9(5-12(18)19)7-14-10-6-11(17)16-13(15-10)8(2)3/h6,8-9H,4-5,7H2,1-3H3,(H,18,19)(H2,14,15,16,17). The maximum absolute atomic E-state index is 11.5. The number of aromatic amines is 1. The van der Waals surface area contributed by atoms with Crippen LogP contribution in [0.4, 0.5) is 5.82 Å². The highest BCUT2D eigenvalue weighted by Gasteiger charge is 2.12. The van der Waals surface area contributed by atoms with Gasteiger partial charge in [0.05, 0.1) is 0 Å². The molecular formula is C13H21N3O3. The Bertz CT molecular complexity index is 482. The van der Waals surface area contributed by atoms with E-state index in [0.29, 0.717) is 18.2 Å². The Morgan fingerprint density at radius 2 is 2.21 bits per heavy atom. The van der Waals surface area contributed by atoms with Crippen molar-refractivity contribution in [2.75, 3.05) is 11.9 Å². The summed E-state index contributed by atoms with van der Waals surface area (Å²) in [5.74, 6) is 0.476. The lowest BCUT2D eigenvalue weighted by molar-refractivity contribution is -0.138. The molecule has 0 aliphatic carbocycles. The van der Waals surface area contributed by atoms with Crippen LogP contribution in [0.5, 0.6) is 0 Å². The first-order chi connectivity index (χ1) is 8.92. The van der Waals surface area contributed by atoms with Crippen LogP contribution in [0.15, 0.2) is 10.9 Å². The van der Waals surface area contributed by atoms with Gasteiger partial charge in [0.2, 0.25) is 0 Å². The van der Waals surface area contributed by atoms with Crippen LogP contribution < -0.4 is 10.9 Å². The maximum Gasteiger partial charge on any atom is 0.303 e. The Balaban J connectivity index is 2.71. The fraction of sp³-hybridized carbons (Fsp3) is 0.615. The van der Waals surface area contributed by atoms with Crippen LogP contribution in [-0.4, -0.2) is 27.6 Å². The molecule has 1 unspecified atom stereocenters. The van der Waals surface area contributed by atoms with Gasteiger partial charge in [-0.15, -0.1) is 0 Å². The molecule has 6 heteroatoms. The van der Waals surface area contributed by atoms with Crippen molar-refractivity contribution in [1.82, 2.24) is 9.97 Å². The summed E-state index contributed by atoms with van der Waals surface area (Å²) in [5, 5.41) is 11.8. The number of carboxylic acids is 1. The van der Waals surface area contributed by atoms with Crippen molar-refractivity contribution >= 4 is 11.8 Å². The highest BCUT2D eigenvalue weighted by atomic mass is 16.4. The Morgan fingerprint density at radius 1 is 1.53 bits per heavy atom. The molecule has 1 aromatic heterocycles. The highest BCUT2D eigenvalue weighted by Crippen LogP contribution is 2.12. The van der Waals surface area contributed by atoms with Gasteiger partial charge >= 0.3 is 5.97 Å². The van der Waals surface area contributed by atoms with Gasteiger partial charge in [-0.25, -0.2) is 4.98 Å². The second-order valence-electron chi connectivity index (χ2n) is 4.92. The van der Waals surface area contributed by atoms with E-state index in [1.165, 1.54) is 6.07 Å². The fourth-order valence-corrected chi connectivity index (χ4v) is 1.70. The number of anilines is 1. The average molecular weight is 267 g/mol. The van der Waals surface area contributed by atoms with Crippen molar-refractivity contribution < 1.29 is 9.90 Å². The van der Waals surface area contributed by atoms with E-state index in [1.54, 1.807) is 0 Å². The maximum atomic E-state index is 11.5. The first-order valence-corrected chi connectivity index (χ1v) is 6.49. The first kappa shape index (κ1) is 15.2. The van der Waals surface area contributed by atoms with Crippen molar-refractivity contribution in [3.8, 4) is 0 Å². The number of nitrogens with zero attached hydrogens (tertiary/aromatic N) is 1. The minimum absolute atomic E-state index is 0.0288. The predicted molar refractivity (Wildman–Crippen MR) is 73.5 cm³/mol. The van der Waals surface area contributed by atoms with Gasteiger partial charge < -0.3 is 15.4 Å². The molecule has 0 saturated heterocycles. The van der Waals surface area contributed by atoms with Gasteiger partial charge in [0.1, 0.15) is 11.6 Å². The number of rotatable bonds is 7. The summed E-state index contributed by atoms with van der Waals surface area (Å²) in [6.45, 7) is 6.33. The molecule has 0 spiro atoms. The SMILES string of the molecule is CCC(CNc1cc(=O)[nH]c(C(C)C)n1)CC(=O)O. The van der Waals surface area contributed by atoms with E-state index in [9.17, 15) is 9.59 Å². The monoisotopic (exact) mass is 267 g/mol. The van der Waals surface area contributed by atoms with Crippen LogP contribution in [0.3, 0.4) is 0 Å². The number of carbonyl (C=O) groups is 1. The summed E-state index contributed by atoms with van der Waals surface area (Å²) < 4.78 is 0. The normalized spacial score (nSPS) is 12.4. The third-order valence-corrected chi connectivity index (χ3v) is 2.92. The fourth-order valence-electron chi connectivity index (χ4n) is 1.70. The van der Waals surface area contributed by atoms with Crippen LogP contribution in [-0.2, 0) is 4.79 Å². The summed E-state index contributed by atoms with van der Waals surface area (Å²) in [5.41, 5.74) is -0.201. The van der Waals surface area contributed by atoms with E-state index >= 15 is 0 Å². The molecule has 6 nitrogen and oxygen atoms in total. The topological polar surface area (TPSA) is 95.1 Å². The number of hydrogen-bond acceptors (Lipinski definition) is 4. The number of aromatic nitrogens is 2. The lowest BCUT2D eigenvalue weighted by Gasteiger charge is -2.14. The minimum Gasteiger partial charge on any atom is -0.481 e. The molecular weight excluding hydrogens is 246 g/mol. The quantitative estimate of drug-likeness (QED) is 0.700. The number of H-pyrrole nitrogens is 1. The Kier molecular flexibility index (Phi) is 5.54. The largest absolute Gasteiger partial charge is 0.481 e. The van der Waals surface area contributed by atoms with E-state index in [-0.39, 0.29) is 23.8 Å². The molecule has 0 bridgehead atoms. The number of aliphatic carboxylic acids is 1. The average Bonchev–Trinajstić information content (AvgIpc) is 2.33. The molecule has 106 valence electrons. The van der Waals surface area contributed by atoms with E-state index < -0.39 is 5.97 Å². The van der Waals surface area contributed by atoms with Crippen LogP contribution >= 0.6 is 0 Å². The molecule has 0 aromatic carbocycles. The molecule has 1 rings (SSSR count). The summed E-state index contributed by atoms with van der Waals surface area (Å²) in [6, 6.07) is 1.39. The van der Waals surface area contributed by atoms with Gasteiger partial charge in [-0.3, -0.25) is 9.59 Å². The smallest absolute Gasteiger partial charge is 0.303 e. The molecule has 1 heterocycles. The van der Waals surface area contributed by atoms with Gasteiger partial charge in [0.15, 0.2) is 0 Å². The van der Waals surface area contributed by atoms with Gasteiger partial charge in [-0.1, -0.05) is 27.2 Å². The van der Waals surface area contributed by atoms with Crippen molar-refractivity contribution in [1.29, 1.82) is 0 Å². The van der Waals surface area contributed by atoms with E-state index in [2.05, 4.69) is 15.3 Å². The van der Waals surface area contributed by atoms with Crippen molar-refractivity contribution in [3.63, 3.8) is 0 Å². The molecule has 1 atom stereocenters. The number of hydrogen-bond donors (Lipinski definition) is 3. The second-order valence-corrected chi connectivity index (χ2v) is 4.92. The zero-order chi connectivity index (χ0) is 14.4. The third kappa shape index (κ3) is 5.11. The van der Waals surface area contributed by atoms with Crippen molar-refractivity contribution in [3.05, 3.63) is 22.2 Å². The highest BCUT2D eigenvalue weighted by molar-refractivity contribution is 5.67. The Labute approximate surface area is 112 Å². The zero-order valence-corrected chi connectivity index (χ0v) is 11.6. The Hall–Kier alpha value is -1.85. The van der Waals surface area contributed by atoms with Crippen LogP contribution in [0.1, 0.15) is 45.4 Å². The van der Waals surface area contributed by atoms with E-state index in [4.69, 9.17) is 5.11 Å². The predicted octanol–water partition coefficient (Wildman–Crippen LogP) is 1.81. The molecule has 0 aliphatic rings.